The number of carbonyl (C=O) groups is 1. The first kappa shape index (κ1) is 20.8. The minimum absolute atomic E-state index is 0.0556. The van der Waals surface area contributed by atoms with E-state index in [4.69, 9.17) is 4.74 Å². The van der Waals surface area contributed by atoms with Crippen molar-refractivity contribution in [3.05, 3.63) is 34.8 Å². The van der Waals surface area contributed by atoms with Gasteiger partial charge in [0.1, 0.15) is 5.01 Å². The summed E-state index contributed by atoms with van der Waals surface area (Å²) in [5.41, 5.74) is 0.605. The number of nitrogens with zero attached hydrogens (tertiary/aromatic N) is 2. The van der Waals surface area contributed by atoms with Crippen LogP contribution in [0.1, 0.15) is 31.3 Å². The van der Waals surface area contributed by atoms with Gasteiger partial charge in [-0.05, 0) is 36.6 Å². The van der Waals surface area contributed by atoms with Gasteiger partial charge in [0.25, 0.3) is 0 Å². The van der Waals surface area contributed by atoms with Crippen molar-refractivity contribution in [1.82, 2.24) is 10.2 Å². The maximum atomic E-state index is 12.4. The molecule has 0 spiro atoms. The van der Waals surface area contributed by atoms with Crippen molar-refractivity contribution in [2.75, 3.05) is 11.9 Å². The molecule has 146 valence electrons. The molecule has 1 N–H and O–H groups in total. The summed E-state index contributed by atoms with van der Waals surface area (Å²) in [5.74, 6) is 0.217. The molecule has 27 heavy (non-hydrogen) atoms. The van der Waals surface area contributed by atoms with Crippen LogP contribution in [0.3, 0.4) is 0 Å². The maximum absolute atomic E-state index is 12.4. The third-order valence-electron chi connectivity index (χ3n) is 3.19. The van der Waals surface area contributed by atoms with Crippen LogP contribution in [0.4, 0.5) is 13.9 Å². The van der Waals surface area contributed by atoms with Gasteiger partial charge in [-0.2, -0.15) is 8.78 Å². The average Bonchev–Trinajstić information content (AvgIpc) is 3.01. The predicted octanol–water partition coefficient (Wildman–Crippen LogP) is 4.39. The lowest BCUT2D eigenvalue weighted by Gasteiger charge is -2.11. The molecule has 2 aromatic rings. The molecule has 0 saturated carbocycles. The molecule has 1 heterocycles. The largest absolute Gasteiger partial charge is 0.490 e. The minimum Gasteiger partial charge on any atom is -0.490 e. The number of anilines is 1. The molecule has 0 radical (unpaired) electrons. The highest BCUT2D eigenvalue weighted by Crippen LogP contribution is 2.30. The van der Waals surface area contributed by atoms with Crippen LogP contribution in [0, 0.1) is 5.92 Å². The van der Waals surface area contributed by atoms with Crippen LogP contribution in [-0.2, 0) is 11.2 Å². The van der Waals surface area contributed by atoms with Gasteiger partial charge in [-0.15, -0.1) is 10.2 Å². The highest BCUT2D eigenvalue weighted by Gasteiger charge is 2.11. The molecule has 2 rings (SSSR count). The first-order valence-electron chi connectivity index (χ1n) is 8.40. The molecular weight excluding hydrogens is 376 g/mol. The van der Waals surface area contributed by atoms with E-state index < -0.39 is 6.61 Å². The maximum Gasteiger partial charge on any atom is 0.387 e. The van der Waals surface area contributed by atoms with E-state index in [1.54, 1.807) is 19.1 Å². The van der Waals surface area contributed by atoms with Gasteiger partial charge in [0.05, 0.1) is 6.61 Å². The molecule has 1 aromatic carbocycles. The number of nitrogens with one attached hydrogen (secondary N) is 1. The molecule has 0 saturated heterocycles. The van der Waals surface area contributed by atoms with E-state index in [0.717, 1.165) is 11.4 Å². The van der Waals surface area contributed by atoms with Gasteiger partial charge >= 0.3 is 6.61 Å². The van der Waals surface area contributed by atoms with Crippen LogP contribution in [0.15, 0.2) is 24.3 Å². The molecule has 0 aliphatic carbocycles. The molecule has 0 aliphatic heterocycles. The van der Waals surface area contributed by atoms with Crippen LogP contribution in [0.25, 0.3) is 6.08 Å². The number of hydrogen-bond donors (Lipinski definition) is 1. The van der Waals surface area contributed by atoms with Gasteiger partial charge in [-0.25, -0.2) is 0 Å². The fourth-order valence-electron chi connectivity index (χ4n) is 2.14. The standard InChI is InChI=1S/C18H21F2N3O3S/c1-4-25-14-10-12(5-7-13(14)26-17(19)20)6-8-15(24)21-18-23-22-16(27-18)9-11(2)3/h5-8,10-11,17H,4,9H2,1-3H3,(H,21,23,24)/b8-6+. The lowest BCUT2D eigenvalue weighted by Crippen LogP contribution is -2.07. The van der Waals surface area contributed by atoms with Crippen LogP contribution in [0.5, 0.6) is 11.5 Å². The summed E-state index contributed by atoms with van der Waals surface area (Å²) in [6, 6.07) is 4.45. The molecule has 0 unspecified atom stereocenters. The number of alkyl halides is 2. The van der Waals surface area contributed by atoms with Crippen LogP contribution in [-0.4, -0.2) is 29.3 Å². The Morgan fingerprint density at radius 2 is 2.07 bits per heavy atom. The number of rotatable bonds is 9. The molecule has 1 aromatic heterocycles. The van der Waals surface area contributed by atoms with E-state index in [2.05, 4.69) is 34.1 Å². The van der Waals surface area contributed by atoms with E-state index in [1.165, 1.54) is 29.5 Å². The van der Waals surface area contributed by atoms with Crippen molar-refractivity contribution < 1.29 is 23.0 Å². The number of amides is 1. The third-order valence-corrected chi connectivity index (χ3v) is 4.05. The van der Waals surface area contributed by atoms with Gasteiger partial charge in [-0.3, -0.25) is 10.1 Å². The minimum atomic E-state index is -2.94. The molecule has 9 heteroatoms. The van der Waals surface area contributed by atoms with Crippen LogP contribution < -0.4 is 14.8 Å². The second-order valence-electron chi connectivity index (χ2n) is 5.94. The number of benzene rings is 1. The van der Waals surface area contributed by atoms with E-state index in [0.29, 0.717) is 23.2 Å². The second kappa shape index (κ2) is 9.96. The third kappa shape index (κ3) is 6.93. The Balaban J connectivity index is 2.02. The average molecular weight is 397 g/mol. The zero-order valence-electron chi connectivity index (χ0n) is 15.2. The zero-order chi connectivity index (χ0) is 19.8. The predicted molar refractivity (Wildman–Crippen MR) is 100 cm³/mol. The highest BCUT2D eigenvalue weighted by atomic mass is 32.1. The molecule has 0 aliphatic rings. The lowest BCUT2D eigenvalue weighted by atomic mass is 10.1. The SMILES string of the molecule is CCOc1cc(/C=C/C(=O)Nc2nnc(CC(C)C)s2)ccc1OC(F)F. The van der Waals surface area contributed by atoms with Crippen molar-refractivity contribution in [3.63, 3.8) is 0 Å². The second-order valence-corrected chi connectivity index (χ2v) is 7.00. The fourth-order valence-corrected chi connectivity index (χ4v) is 3.10. The molecule has 0 bridgehead atoms. The Morgan fingerprint density at radius 1 is 1.30 bits per heavy atom. The summed E-state index contributed by atoms with van der Waals surface area (Å²) >= 11 is 1.33. The van der Waals surface area contributed by atoms with Gasteiger partial charge in [0, 0.05) is 12.5 Å². The van der Waals surface area contributed by atoms with E-state index >= 15 is 0 Å². The van der Waals surface area contributed by atoms with E-state index in [1.807, 2.05) is 0 Å². The smallest absolute Gasteiger partial charge is 0.387 e. The Labute approximate surface area is 160 Å². The fraction of sp³-hybridized carbons (Fsp3) is 0.389. The normalized spacial score (nSPS) is 11.4. The Kier molecular flexibility index (Phi) is 7.66. The first-order valence-corrected chi connectivity index (χ1v) is 9.22. The summed E-state index contributed by atoms with van der Waals surface area (Å²) in [5, 5.41) is 11.9. The monoisotopic (exact) mass is 397 g/mol. The van der Waals surface area contributed by atoms with Gasteiger partial charge in [0.2, 0.25) is 11.0 Å². The van der Waals surface area contributed by atoms with Crippen molar-refractivity contribution >= 4 is 28.5 Å². The number of carbonyl (C=O) groups excluding carboxylic acids is 1. The van der Waals surface area contributed by atoms with Crippen molar-refractivity contribution in [3.8, 4) is 11.5 Å². The zero-order valence-corrected chi connectivity index (χ0v) is 16.1. The topological polar surface area (TPSA) is 73.3 Å². The van der Waals surface area contributed by atoms with Crippen LogP contribution >= 0.6 is 11.3 Å². The highest BCUT2D eigenvalue weighted by molar-refractivity contribution is 7.15. The van der Waals surface area contributed by atoms with Crippen molar-refractivity contribution in [1.29, 1.82) is 0 Å². The first-order chi connectivity index (χ1) is 12.9. The quantitative estimate of drug-likeness (QED) is 0.636. The molecule has 6 nitrogen and oxygen atoms in total. The van der Waals surface area contributed by atoms with Gasteiger partial charge < -0.3 is 9.47 Å². The lowest BCUT2D eigenvalue weighted by molar-refractivity contribution is -0.111. The number of ether oxygens (including phenoxy) is 2. The van der Waals surface area contributed by atoms with E-state index in [9.17, 15) is 13.6 Å². The number of halogens is 2. The molecule has 0 atom stereocenters. The Bertz CT molecular complexity index is 794. The van der Waals surface area contributed by atoms with Crippen molar-refractivity contribution in [2.24, 2.45) is 5.92 Å². The number of aromatic nitrogens is 2. The summed E-state index contributed by atoms with van der Waals surface area (Å²) in [6.07, 6.45) is 3.67. The summed E-state index contributed by atoms with van der Waals surface area (Å²) in [7, 11) is 0. The summed E-state index contributed by atoms with van der Waals surface area (Å²) in [4.78, 5) is 12.0. The summed E-state index contributed by atoms with van der Waals surface area (Å²) in [6.45, 7) is 3.25. The van der Waals surface area contributed by atoms with Crippen molar-refractivity contribution in [2.45, 2.75) is 33.8 Å². The van der Waals surface area contributed by atoms with Crippen LogP contribution in [0.2, 0.25) is 0 Å². The Morgan fingerprint density at radius 3 is 2.74 bits per heavy atom. The van der Waals surface area contributed by atoms with Gasteiger partial charge in [0.15, 0.2) is 11.5 Å². The molecular formula is C18H21F2N3O3S. The summed E-state index contributed by atoms with van der Waals surface area (Å²) < 4.78 is 34.6. The molecule has 1 amide bonds. The van der Waals surface area contributed by atoms with E-state index in [-0.39, 0.29) is 17.4 Å². The molecule has 0 fully saturated rings. The Hall–Kier alpha value is -2.55. The van der Waals surface area contributed by atoms with Gasteiger partial charge in [-0.1, -0.05) is 31.3 Å². The number of hydrogen-bond acceptors (Lipinski definition) is 6.